The summed E-state index contributed by atoms with van der Waals surface area (Å²) >= 11 is 24.4. The number of hydrogen-bond acceptors (Lipinski definition) is 4. The summed E-state index contributed by atoms with van der Waals surface area (Å²) < 4.78 is 0. The number of aryl methyl sites for hydroxylation is 1. The Balaban J connectivity index is 0.000000197. The first-order chi connectivity index (χ1) is 19.5. The van der Waals surface area contributed by atoms with Gasteiger partial charge in [-0.25, -0.2) is 10.0 Å². The Hall–Kier alpha value is -2.29. The average molecular weight is 654 g/mol. The van der Waals surface area contributed by atoms with Crippen molar-refractivity contribution in [2.45, 2.75) is 59.3 Å². The molecule has 2 aliphatic carbocycles. The van der Waals surface area contributed by atoms with Gasteiger partial charge in [0.1, 0.15) is 0 Å². The third kappa shape index (κ3) is 6.61. The van der Waals surface area contributed by atoms with Gasteiger partial charge in [-0.15, -0.1) is 0 Å². The first kappa shape index (κ1) is 32.6. The number of carbonyl (C=O) groups is 2. The van der Waals surface area contributed by atoms with Gasteiger partial charge in [-0.3, -0.25) is 19.7 Å². The number of hydroxylamine groups is 2. The summed E-state index contributed by atoms with van der Waals surface area (Å²) in [6, 6.07) is 11.1. The number of nitrogens with zero attached hydrogens (tertiary/aromatic N) is 2. The van der Waals surface area contributed by atoms with Crippen molar-refractivity contribution in [2.24, 2.45) is 16.7 Å². The zero-order chi connectivity index (χ0) is 31.3. The highest BCUT2D eigenvalue weighted by molar-refractivity contribution is 6.35. The molecule has 226 valence electrons. The maximum absolute atomic E-state index is 12.2. The van der Waals surface area contributed by atoms with Crippen molar-refractivity contribution in [3.8, 4) is 0 Å². The molecule has 11 heteroatoms. The molecule has 2 fully saturated rings. The van der Waals surface area contributed by atoms with Crippen LogP contribution in [0.25, 0.3) is 0 Å². The number of imidazole rings is 1. The zero-order valence-corrected chi connectivity index (χ0v) is 27.9. The van der Waals surface area contributed by atoms with E-state index in [1.54, 1.807) is 19.2 Å². The number of carbonyl (C=O) groups excluding carboxylic acids is 2. The van der Waals surface area contributed by atoms with Gasteiger partial charge in [0.25, 0.3) is 0 Å². The lowest BCUT2D eigenvalue weighted by Crippen LogP contribution is -2.28. The van der Waals surface area contributed by atoms with E-state index in [4.69, 9.17) is 51.2 Å². The topological polar surface area (TPSA) is 87.3 Å². The number of aromatic nitrogens is 2. The number of hydrogen-bond donors (Lipinski definition) is 2. The van der Waals surface area contributed by atoms with Gasteiger partial charge >= 0.3 is 0 Å². The molecule has 2 amide bonds. The van der Waals surface area contributed by atoms with Gasteiger partial charge in [0.05, 0.1) is 18.7 Å². The SMILES string of the molecule is CC(=O)Nc1nc([C@@H]2C(c3cc(Cl)cc(Cl)c3)C2(C)C)c(C)[nH]1.CON(C)C(=O)[C@@H]1C(c2cc(Cl)cc(Cl)c2)C1(C)C. The highest BCUT2D eigenvalue weighted by atomic mass is 35.5. The third-order valence-electron chi connectivity index (χ3n) is 8.50. The quantitative estimate of drug-likeness (QED) is 0.261. The summed E-state index contributed by atoms with van der Waals surface area (Å²) in [5.41, 5.74) is 4.04. The number of rotatable bonds is 6. The molecule has 5 rings (SSSR count). The van der Waals surface area contributed by atoms with Crippen LogP contribution in [-0.4, -0.2) is 41.0 Å². The molecule has 0 saturated heterocycles. The molecule has 2 aromatic carbocycles. The fraction of sp³-hybridized carbons (Fsp3) is 0.452. The van der Waals surface area contributed by atoms with E-state index >= 15 is 0 Å². The predicted octanol–water partition coefficient (Wildman–Crippen LogP) is 8.64. The van der Waals surface area contributed by atoms with Crippen LogP contribution in [-0.2, 0) is 14.4 Å². The third-order valence-corrected chi connectivity index (χ3v) is 9.38. The maximum Gasteiger partial charge on any atom is 0.250 e. The Morgan fingerprint density at radius 3 is 1.79 bits per heavy atom. The number of halogens is 4. The van der Waals surface area contributed by atoms with E-state index in [0.29, 0.717) is 32.0 Å². The van der Waals surface area contributed by atoms with Gasteiger partial charge in [0.2, 0.25) is 17.8 Å². The molecule has 2 N–H and O–H groups in total. The van der Waals surface area contributed by atoms with E-state index in [0.717, 1.165) is 22.5 Å². The van der Waals surface area contributed by atoms with Gasteiger partial charge in [-0.05, 0) is 71.2 Å². The van der Waals surface area contributed by atoms with Crippen molar-refractivity contribution < 1.29 is 14.4 Å². The molecule has 3 aromatic rings. The molecule has 7 nitrogen and oxygen atoms in total. The van der Waals surface area contributed by atoms with Crippen LogP contribution in [0.4, 0.5) is 5.95 Å². The number of H-pyrrole nitrogens is 1. The minimum Gasteiger partial charge on any atom is -0.328 e. The van der Waals surface area contributed by atoms with Gasteiger partial charge in [0, 0.05) is 51.6 Å². The van der Waals surface area contributed by atoms with Crippen LogP contribution in [0.3, 0.4) is 0 Å². The second-order valence-electron chi connectivity index (χ2n) is 12.3. The summed E-state index contributed by atoms with van der Waals surface area (Å²) in [4.78, 5) is 36.1. The van der Waals surface area contributed by atoms with Crippen LogP contribution in [0.1, 0.15) is 74.9 Å². The minimum atomic E-state index is -0.140. The largest absolute Gasteiger partial charge is 0.328 e. The van der Waals surface area contributed by atoms with Gasteiger partial charge in [0.15, 0.2) is 0 Å². The molecule has 2 saturated carbocycles. The molecule has 1 heterocycles. The molecule has 0 aliphatic heterocycles. The lowest BCUT2D eigenvalue weighted by Gasteiger charge is -2.14. The van der Waals surface area contributed by atoms with E-state index in [1.807, 2.05) is 31.2 Å². The van der Waals surface area contributed by atoms with Crippen molar-refractivity contribution in [3.63, 3.8) is 0 Å². The second kappa shape index (κ2) is 12.0. The summed E-state index contributed by atoms with van der Waals surface area (Å²) in [6.45, 7) is 12.0. The highest BCUT2D eigenvalue weighted by Crippen LogP contribution is 2.70. The van der Waals surface area contributed by atoms with E-state index in [9.17, 15) is 9.59 Å². The molecule has 0 radical (unpaired) electrons. The predicted molar refractivity (Wildman–Crippen MR) is 170 cm³/mol. The Morgan fingerprint density at radius 2 is 1.33 bits per heavy atom. The molecule has 0 spiro atoms. The first-order valence-electron chi connectivity index (χ1n) is 13.6. The van der Waals surface area contributed by atoms with Crippen molar-refractivity contribution in [1.82, 2.24) is 15.0 Å². The van der Waals surface area contributed by atoms with Crippen molar-refractivity contribution in [1.29, 1.82) is 0 Å². The molecular weight excluding hydrogens is 618 g/mol. The van der Waals surface area contributed by atoms with Crippen LogP contribution >= 0.6 is 46.4 Å². The highest BCUT2D eigenvalue weighted by Gasteiger charge is 2.63. The number of nitrogens with one attached hydrogen (secondary N) is 2. The lowest BCUT2D eigenvalue weighted by atomic mass is 10.0. The molecular formula is C31H36Cl4N4O3. The smallest absolute Gasteiger partial charge is 0.250 e. The van der Waals surface area contributed by atoms with E-state index in [2.05, 4.69) is 43.0 Å². The zero-order valence-electron chi connectivity index (χ0n) is 24.9. The standard InChI is InChI=1S/C17H19Cl2N3O.C14H17Cl2NO2/c1-8-15(22-16(20-8)21-9(2)23)14-13(17(14,3)4)10-5-11(18)7-12(19)6-10;1-14(2)11(12(14)13(18)17(3)19-4)8-5-9(15)7-10(16)6-8/h5-7,13-14H,1-4H3,(H2,20,21,22,23);5-7,11-12H,1-4H3/t13?,14-;11?,12-/m00/s1. The molecule has 2 unspecified atom stereocenters. The van der Waals surface area contributed by atoms with E-state index in [1.165, 1.54) is 19.1 Å². The Bertz CT molecular complexity index is 1480. The van der Waals surface area contributed by atoms with Gasteiger partial charge in [-0.2, -0.15) is 0 Å². The van der Waals surface area contributed by atoms with Gasteiger partial charge in [-0.1, -0.05) is 74.1 Å². The summed E-state index contributed by atoms with van der Waals surface area (Å²) in [5.74, 6) is 0.908. The molecule has 1 aromatic heterocycles. The van der Waals surface area contributed by atoms with E-state index in [-0.39, 0.29) is 40.4 Å². The maximum atomic E-state index is 12.2. The Kier molecular flexibility index (Phi) is 9.33. The van der Waals surface area contributed by atoms with Crippen molar-refractivity contribution >= 4 is 64.2 Å². The fourth-order valence-electron chi connectivity index (χ4n) is 6.29. The minimum absolute atomic E-state index is 0.0198. The Morgan fingerprint density at radius 1 is 0.857 bits per heavy atom. The Labute approximate surface area is 267 Å². The second-order valence-corrected chi connectivity index (χ2v) is 14.0. The molecule has 0 bridgehead atoms. The first-order valence-corrected chi connectivity index (χ1v) is 15.1. The van der Waals surface area contributed by atoms with Crippen LogP contribution in [0.15, 0.2) is 36.4 Å². The molecule has 42 heavy (non-hydrogen) atoms. The normalized spacial score (nSPS) is 23.0. The monoisotopic (exact) mass is 652 g/mol. The summed E-state index contributed by atoms with van der Waals surface area (Å²) in [5, 5.41) is 6.46. The van der Waals surface area contributed by atoms with Crippen LogP contribution in [0.2, 0.25) is 20.1 Å². The van der Waals surface area contributed by atoms with Crippen molar-refractivity contribution in [2.75, 3.05) is 19.5 Å². The van der Waals surface area contributed by atoms with Gasteiger partial charge < -0.3 is 4.98 Å². The average Bonchev–Trinajstić information content (AvgIpc) is 3.58. The number of anilines is 1. The molecule has 2 aliphatic rings. The number of benzene rings is 2. The van der Waals surface area contributed by atoms with Crippen molar-refractivity contribution in [3.05, 3.63) is 79.0 Å². The van der Waals surface area contributed by atoms with E-state index < -0.39 is 0 Å². The number of aromatic amines is 1. The van der Waals surface area contributed by atoms with Crippen LogP contribution in [0, 0.1) is 23.7 Å². The summed E-state index contributed by atoms with van der Waals surface area (Å²) in [6.07, 6.45) is 0. The summed E-state index contributed by atoms with van der Waals surface area (Å²) in [7, 11) is 3.11. The lowest BCUT2D eigenvalue weighted by molar-refractivity contribution is -0.171. The molecule has 4 atom stereocenters. The number of amides is 2. The fourth-order valence-corrected chi connectivity index (χ4v) is 7.37. The van der Waals surface area contributed by atoms with Crippen LogP contribution in [0.5, 0.6) is 0 Å². The van der Waals surface area contributed by atoms with Crippen LogP contribution < -0.4 is 5.32 Å².